The molecule has 1 amide bonds. The second-order valence-corrected chi connectivity index (χ2v) is 6.05. The number of ether oxygens (including phenoxy) is 1. The Hall–Kier alpha value is -2.21. The Labute approximate surface area is 135 Å². The van der Waals surface area contributed by atoms with Gasteiger partial charge < -0.3 is 10.1 Å². The standard InChI is InChI=1S/C17H22N4O2/c1-11-4-3-5-12(2)14(11)8-16(22)18-9-13-6-7-15(23-13)17-19-10-20-21-17/h3-5,10,13,15H,6-9H2,1-2H3,(H,18,22)(H,19,20,21)/t13-,15+/m1/s1. The molecule has 1 aromatic carbocycles. The molecule has 2 heterocycles. The lowest BCUT2D eigenvalue weighted by Crippen LogP contribution is -2.33. The zero-order valence-corrected chi connectivity index (χ0v) is 13.5. The van der Waals surface area contributed by atoms with Crippen LogP contribution in [0.2, 0.25) is 0 Å². The van der Waals surface area contributed by atoms with Crippen LogP contribution in [0.4, 0.5) is 0 Å². The Kier molecular flexibility index (Phi) is 4.71. The third-order valence-corrected chi connectivity index (χ3v) is 4.35. The molecule has 0 bridgehead atoms. The van der Waals surface area contributed by atoms with Crippen molar-refractivity contribution >= 4 is 5.91 Å². The van der Waals surface area contributed by atoms with E-state index in [9.17, 15) is 4.79 Å². The second kappa shape index (κ2) is 6.91. The second-order valence-electron chi connectivity index (χ2n) is 6.05. The first-order valence-electron chi connectivity index (χ1n) is 7.96. The zero-order chi connectivity index (χ0) is 16.2. The number of nitrogens with zero attached hydrogens (tertiary/aromatic N) is 2. The fraction of sp³-hybridized carbons (Fsp3) is 0.471. The van der Waals surface area contributed by atoms with Crippen molar-refractivity contribution in [3.8, 4) is 0 Å². The van der Waals surface area contributed by atoms with E-state index in [4.69, 9.17) is 4.74 Å². The van der Waals surface area contributed by atoms with Gasteiger partial charge in [0.15, 0.2) is 5.82 Å². The van der Waals surface area contributed by atoms with Gasteiger partial charge >= 0.3 is 0 Å². The van der Waals surface area contributed by atoms with Crippen LogP contribution in [0.3, 0.4) is 0 Å². The number of carbonyl (C=O) groups is 1. The van der Waals surface area contributed by atoms with Crippen molar-refractivity contribution in [2.75, 3.05) is 6.54 Å². The van der Waals surface area contributed by atoms with Gasteiger partial charge in [0.25, 0.3) is 0 Å². The van der Waals surface area contributed by atoms with Gasteiger partial charge in [0.05, 0.1) is 12.5 Å². The summed E-state index contributed by atoms with van der Waals surface area (Å²) in [4.78, 5) is 16.3. The van der Waals surface area contributed by atoms with E-state index in [1.54, 1.807) is 0 Å². The molecule has 2 atom stereocenters. The van der Waals surface area contributed by atoms with E-state index in [-0.39, 0.29) is 18.1 Å². The van der Waals surface area contributed by atoms with Crippen LogP contribution in [-0.2, 0) is 16.0 Å². The molecule has 2 N–H and O–H groups in total. The van der Waals surface area contributed by atoms with E-state index in [0.29, 0.717) is 13.0 Å². The van der Waals surface area contributed by atoms with Crippen LogP contribution in [-0.4, -0.2) is 33.7 Å². The number of aromatic nitrogens is 3. The highest BCUT2D eigenvalue weighted by Gasteiger charge is 2.28. The molecule has 6 heteroatoms. The fourth-order valence-corrected chi connectivity index (χ4v) is 3.01. The molecule has 2 aromatic rings. The molecule has 6 nitrogen and oxygen atoms in total. The summed E-state index contributed by atoms with van der Waals surface area (Å²) in [5.41, 5.74) is 3.42. The molecule has 0 radical (unpaired) electrons. The van der Waals surface area contributed by atoms with Crippen LogP contribution in [0.25, 0.3) is 0 Å². The Bertz CT molecular complexity index is 649. The van der Waals surface area contributed by atoms with Gasteiger partial charge in [-0.15, -0.1) is 0 Å². The van der Waals surface area contributed by atoms with Crippen LogP contribution in [0, 0.1) is 13.8 Å². The molecule has 0 saturated carbocycles. The van der Waals surface area contributed by atoms with Crippen molar-refractivity contribution in [3.63, 3.8) is 0 Å². The summed E-state index contributed by atoms with van der Waals surface area (Å²) in [7, 11) is 0. The SMILES string of the molecule is Cc1cccc(C)c1CC(=O)NC[C@H]1CC[C@@H](c2ncn[nH]2)O1. The number of rotatable bonds is 5. The van der Waals surface area contributed by atoms with Gasteiger partial charge in [-0.25, -0.2) is 4.98 Å². The van der Waals surface area contributed by atoms with E-state index < -0.39 is 0 Å². The number of benzene rings is 1. The number of aryl methyl sites for hydroxylation is 2. The molecule has 1 aliphatic rings. The summed E-state index contributed by atoms with van der Waals surface area (Å²) < 4.78 is 5.91. The van der Waals surface area contributed by atoms with E-state index in [0.717, 1.165) is 35.4 Å². The van der Waals surface area contributed by atoms with E-state index >= 15 is 0 Å². The number of hydrogen-bond acceptors (Lipinski definition) is 4. The Morgan fingerprint density at radius 1 is 1.35 bits per heavy atom. The highest BCUT2D eigenvalue weighted by atomic mass is 16.5. The lowest BCUT2D eigenvalue weighted by atomic mass is 10.00. The maximum Gasteiger partial charge on any atom is 0.224 e. The summed E-state index contributed by atoms with van der Waals surface area (Å²) in [5.74, 6) is 0.795. The van der Waals surface area contributed by atoms with Crippen molar-refractivity contribution in [1.82, 2.24) is 20.5 Å². The van der Waals surface area contributed by atoms with Crippen molar-refractivity contribution in [2.24, 2.45) is 0 Å². The molecular formula is C17H22N4O2. The zero-order valence-electron chi connectivity index (χ0n) is 13.5. The Balaban J connectivity index is 1.48. The molecule has 1 aromatic heterocycles. The summed E-state index contributed by atoms with van der Waals surface area (Å²) >= 11 is 0. The highest BCUT2D eigenvalue weighted by molar-refractivity contribution is 5.79. The fourth-order valence-electron chi connectivity index (χ4n) is 3.01. The van der Waals surface area contributed by atoms with Crippen LogP contribution in [0.5, 0.6) is 0 Å². The first kappa shape index (κ1) is 15.7. The number of amides is 1. The van der Waals surface area contributed by atoms with Crippen molar-refractivity contribution in [1.29, 1.82) is 0 Å². The molecule has 0 spiro atoms. The molecule has 1 saturated heterocycles. The number of aromatic amines is 1. The van der Waals surface area contributed by atoms with E-state index in [1.807, 2.05) is 32.0 Å². The molecule has 1 aliphatic heterocycles. The summed E-state index contributed by atoms with van der Waals surface area (Å²) in [6.45, 7) is 4.61. The monoisotopic (exact) mass is 314 g/mol. The van der Waals surface area contributed by atoms with Gasteiger partial charge in [0.1, 0.15) is 12.4 Å². The predicted octanol–water partition coefficient (Wildman–Crippen LogP) is 2.00. The number of H-pyrrole nitrogens is 1. The largest absolute Gasteiger partial charge is 0.365 e. The van der Waals surface area contributed by atoms with Crippen LogP contribution in [0.1, 0.15) is 41.5 Å². The van der Waals surface area contributed by atoms with Gasteiger partial charge in [0.2, 0.25) is 5.91 Å². The highest BCUT2D eigenvalue weighted by Crippen LogP contribution is 2.30. The molecule has 3 rings (SSSR count). The van der Waals surface area contributed by atoms with Crippen molar-refractivity contribution in [3.05, 3.63) is 47.0 Å². The maximum absolute atomic E-state index is 12.2. The molecule has 122 valence electrons. The third-order valence-electron chi connectivity index (χ3n) is 4.35. The average molecular weight is 314 g/mol. The molecule has 0 aliphatic carbocycles. The van der Waals surface area contributed by atoms with Gasteiger partial charge in [-0.05, 0) is 43.4 Å². The molecule has 0 unspecified atom stereocenters. The predicted molar refractivity (Wildman–Crippen MR) is 85.9 cm³/mol. The normalized spacial score (nSPS) is 20.6. The third kappa shape index (κ3) is 3.76. The topological polar surface area (TPSA) is 79.9 Å². The summed E-state index contributed by atoms with van der Waals surface area (Å²) in [6.07, 6.45) is 3.70. The Morgan fingerprint density at radius 2 is 2.13 bits per heavy atom. The average Bonchev–Trinajstić information content (AvgIpc) is 3.19. The Morgan fingerprint density at radius 3 is 2.83 bits per heavy atom. The number of hydrogen-bond donors (Lipinski definition) is 2. The lowest BCUT2D eigenvalue weighted by Gasteiger charge is -2.14. The first-order valence-corrected chi connectivity index (χ1v) is 7.96. The molecule has 1 fully saturated rings. The minimum atomic E-state index is -0.0435. The van der Waals surface area contributed by atoms with Gasteiger partial charge in [0, 0.05) is 6.54 Å². The first-order chi connectivity index (χ1) is 11.1. The van der Waals surface area contributed by atoms with Crippen molar-refractivity contribution in [2.45, 2.75) is 45.3 Å². The minimum Gasteiger partial charge on any atom is -0.365 e. The van der Waals surface area contributed by atoms with E-state index in [2.05, 4.69) is 20.5 Å². The lowest BCUT2D eigenvalue weighted by molar-refractivity contribution is -0.121. The number of nitrogens with one attached hydrogen (secondary N) is 2. The maximum atomic E-state index is 12.2. The molecule has 23 heavy (non-hydrogen) atoms. The smallest absolute Gasteiger partial charge is 0.224 e. The summed E-state index contributed by atoms with van der Waals surface area (Å²) in [5, 5.41) is 9.66. The van der Waals surface area contributed by atoms with Crippen LogP contribution in [0.15, 0.2) is 24.5 Å². The van der Waals surface area contributed by atoms with Gasteiger partial charge in [-0.3, -0.25) is 9.89 Å². The summed E-state index contributed by atoms with van der Waals surface area (Å²) in [6, 6.07) is 6.09. The van der Waals surface area contributed by atoms with Gasteiger partial charge in [-0.1, -0.05) is 18.2 Å². The minimum absolute atomic E-state index is 0.0343. The van der Waals surface area contributed by atoms with Crippen molar-refractivity contribution < 1.29 is 9.53 Å². The van der Waals surface area contributed by atoms with Crippen LogP contribution < -0.4 is 5.32 Å². The van der Waals surface area contributed by atoms with E-state index in [1.165, 1.54) is 6.33 Å². The van der Waals surface area contributed by atoms with Gasteiger partial charge in [-0.2, -0.15) is 5.10 Å². The number of carbonyl (C=O) groups excluding carboxylic acids is 1. The quantitative estimate of drug-likeness (QED) is 0.884. The van der Waals surface area contributed by atoms with Crippen LogP contribution >= 0.6 is 0 Å². The molecular weight excluding hydrogens is 292 g/mol.